The first-order valence-electron chi connectivity index (χ1n) is 10.1. The van der Waals surface area contributed by atoms with Crippen molar-refractivity contribution >= 4 is 23.3 Å². The highest BCUT2D eigenvalue weighted by Crippen LogP contribution is 2.26. The Kier molecular flexibility index (Phi) is 6.97. The molecule has 2 unspecified atom stereocenters. The lowest BCUT2D eigenvalue weighted by Crippen LogP contribution is -2.43. The van der Waals surface area contributed by atoms with Crippen LogP contribution in [0.1, 0.15) is 37.8 Å². The zero-order chi connectivity index (χ0) is 20.1. The second kappa shape index (κ2) is 9.44. The topological polar surface area (TPSA) is 35.6 Å². The van der Waals surface area contributed by atoms with E-state index >= 15 is 0 Å². The summed E-state index contributed by atoms with van der Waals surface area (Å²) < 4.78 is 0. The van der Waals surface area contributed by atoms with Crippen LogP contribution >= 0.6 is 11.6 Å². The lowest BCUT2D eigenvalue weighted by molar-refractivity contribution is 0.170. The maximum atomic E-state index is 13.1. The van der Waals surface area contributed by atoms with Gasteiger partial charge in [0.15, 0.2) is 0 Å². The Balaban J connectivity index is 1.74. The van der Waals surface area contributed by atoms with Gasteiger partial charge in [0.2, 0.25) is 0 Å². The van der Waals surface area contributed by atoms with Crippen LogP contribution in [0.25, 0.3) is 0 Å². The minimum Gasteiger partial charge on any atom is -0.319 e. The number of rotatable bonds is 6. The van der Waals surface area contributed by atoms with Crippen LogP contribution in [-0.2, 0) is 6.54 Å². The molecule has 3 rings (SSSR count). The molecule has 150 valence electrons. The maximum absolute atomic E-state index is 13.1. The molecule has 2 amide bonds. The van der Waals surface area contributed by atoms with Crippen LogP contribution in [0.5, 0.6) is 0 Å². The number of benzene rings is 2. The van der Waals surface area contributed by atoms with Gasteiger partial charge in [0.1, 0.15) is 0 Å². The van der Waals surface area contributed by atoms with Crippen LogP contribution in [0.3, 0.4) is 0 Å². The van der Waals surface area contributed by atoms with Crippen molar-refractivity contribution < 1.29 is 4.79 Å². The number of amides is 2. The minimum atomic E-state index is -0.112. The van der Waals surface area contributed by atoms with E-state index in [0.29, 0.717) is 35.9 Å². The molecule has 1 fully saturated rings. The third-order valence-corrected chi connectivity index (χ3v) is 6.03. The van der Waals surface area contributed by atoms with Crippen molar-refractivity contribution in [2.24, 2.45) is 0 Å². The van der Waals surface area contributed by atoms with Gasteiger partial charge >= 0.3 is 6.03 Å². The first-order valence-corrected chi connectivity index (χ1v) is 10.4. The third kappa shape index (κ3) is 5.06. The predicted molar refractivity (Wildman–Crippen MR) is 117 cm³/mol. The SMILES string of the molecule is Cc1cccc(Cl)c1NC(=O)N(CCN1C(C)CCC1C)Cc1ccccc1. The number of anilines is 1. The summed E-state index contributed by atoms with van der Waals surface area (Å²) in [7, 11) is 0. The smallest absolute Gasteiger partial charge is 0.319 e. The van der Waals surface area contributed by atoms with E-state index in [9.17, 15) is 4.79 Å². The molecule has 1 heterocycles. The number of carbonyl (C=O) groups is 1. The van der Waals surface area contributed by atoms with Gasteiger partial charge in [-0.25, -0.2) is 4.79 Å². The Hall–Kier alpha value is -2.04. The summed E-state index contributed by atoms with van der Waals surface area (Å²) >= 11 is 6.32. The average molecular weight is 400 g/mol. The van der Waals surface area contributed by atoms with E-state index in [0.717, 1.165) is 17.7 Å². The molecule has 2 aromatic rings. The molecule has 0 saturated carbocycles. The summed E-state index contributed by atoms with van der Waals surface area (Å²) in [5, 5.41) is 3.60. The fraction of sp³-hybridized carbons (Fsp3) is 0.435. The van der Waals surface area contributed by atoms with E-state index in [1.165, 1.54) is 12.8 Å². The lowest BCUT2D eigenvalue weighted by Gasteiger charge is -2.30. The summed E-state index contributed by atoms with van der Waals surface area (Å²) in [6, 6.07) is 16.8. The molecule has 0 spiro atoms. The van der Waals surface area contributed by atoms with Gasteiger partial charge < -0.3 is 10.2 Å². The number of hydrogen-bond acceptors (Lipinski definition) is 2. The first-order chi connectivity index (χ1) is 13.5. The zero-order valence-electron chi connectivity index (χ0n) is 17.0. The van der Waals surface area contributed by atoms with Gasteiger partial charge in [0, 0.05) is 31.7 Å². The van der Waals surface area contributed by atoms with Crippen LogP contribution in [-0.4, -0.2) is 41.0 Å². The molecule has 0 bridgehead atoms. The number of para-hydroxylation sites is 1. The Bertz CT molecular complexity index is 765. The number of hydrogen-bond donors (Lipinski definition) is 1. The van der Waals surface area contributed by atoms with Crippen molar-refractivity contribution in [3.8, 4) is 0 Å². The molecule has 4 nitrogen and oxygen atoms in total. The summed E-state index contributed by atoms with van der Waals surface area (Å²) in [5.41, 5.74) is 2.77. The minimum absolute atomic E-state index is 0.112. The normalized spacial score (nSPS) is 19.6. The quantitative estimate of drug-likeness (QED) is 0.690. The molecule has 5 heteroatoms. The van der Waals surface area contributed by atoms with Gasteiger partial charge in [-0.05, 0) is 50.8 Å². The summed E-state index contributed by atoms with van der Waals surface area (Å²) in [6.45, 7) is 8.64. The van der Waals surface area contributed by atoms with Crippen molar-refractivity contribution in [3.63, 3.8) is 0 Å². The Morgan fingerprint density at radius 2 is 1.79 bits per heavy atom. The van der Waals surface area contributed by atoms with Gasteiger partial charge in [-0.3, -0.25) is 4.90 Å². The number of likely N-dealkylation sites (tertiary alicyclic amines) is 1. The highest BCUT2D eigenvalue weighted by molar-refractivity contribution is 6.33. The average Bonchev–Trinajstić information content (AvgIpc) is 3.00. The summed E-state index contributed by atoms with van der Waals surface area (Å²) in [5.74, 6) is 0. The van der Waals surface area contributed by atoms with Crippen LogP contribution < -0.4 is 5.32 Å². The van der Waals surface area contributed by atoms with Crippen LogP contribution in [0.2, 0.25) is 5.02 Å². The van der Waals surface area contributed by atoms with Crippen molar-refractivity contribution in [2.45, 2.75) is 52.2 Å². The Labute approximate surface area is 173 Å². The fourth-order valence-corrected chi connectivity index (χ4v) is 4.23. The second-order valence-electron chi connectivity index (χ2n) is 7.78. The van der Waals surface area contributed by atoms with Crippen LogP contribution in [0.4, 0.5) is 10.5 Å². The van der Waals surface area contributed by atoms with Crippen molar-refractivity contribution in [3.05, 3.63) is 64.7 Å². The summed E-state index contributed by atoms with van der Waals surface area (Å²) in [4.78, 5) is 17.5. The fourth-order valence-electron chi connectivity index (χ4n) is 3.96. The Morgan fingerprint density at radius 1 is 1.11 bits per heavy atom. The van der Waals surface area contributed by atoms with E-state index in [2.05, 4.69) is 36.2 Å². The number of carbonyl (C=O) groups excluding carboxylic acids is 1. The zero-order valence-corrected chi connectivity index (χ0v) is 17.7. The summed E-state index contributed by atoms with van der Waals surface area (Å²) in [6.07, 6.45) is 2.45. The molecule has 2 atom stereocenters. The molecule has 1 aliphatic heterocycles. The number of nitrogens with one attached hydrogen (secondary N) is 1. The number of halogens is 1. The van der Waals surface area contributed by atoms with E-state index in [4.69, 9.17) is 11.6 Å². The molecule has 0 radical (unpaired) electrons. The van der Waals surface area contributed by atoms with Gasteiger partial charge in [0.05, 0.1) is 10.7 Å². The number of nitrogens with zero attached hydrogens (tertiary/aromatic N) is 2. The van der Waals surface area contributed by atoms with Crippen molar-refractivity contribution in [1.82, 2.24) is 9.80 Å². The highest BCUT2D eigenvalue weighted by Gasteiger charge is 2.28. The monoisotopic (exact) mass is 399 g/mol. The molecular weight excluding hydrogens is 370 g/mol. The van der Waals surface area contributed by atoms with Gasteiger partial charge in [-0.1, -0.05) is 54.1 Å². The van der Waals surface area contributed by atoms with E-state index in [1.807, 2.05) is 42.2 Å². The molecule has 1 saturated heterocycles. The van der Waals surface area contributed by atoms with E-state index < -0.39 is 0 Å². The van der Waals surface area contributed by atoms with Gasteiger partial charge in [-0.2, -0.15) is 0 Å². The molecule has 1 N–H and O–H groups in total. The van der Waals surface area contributed by atoms with E-state index in [1.54, 1.807) is 6.07 Å². The van der Waals surface area contributed by atoms with Crippen molar-refractivity contribution in [1.29, 1.82) is 0 Å². The van der Waals surface area contributed by atoms with Gasteiger partial charge in [0.25, 0.3) is 0 Å². The Morgan fingerprint density at radius 3 is 2.43 bits per heavy atom. The second-order valence-corrected chi connectivity index (χ2v) is 8.19. The standard InChI is InChI=1S/C23H30ClN3O/c1-17-8-7-11-21(24)22(17)25-23(28)26(16-20-9-5-4-6-10-20)14-15-27-18(2)12-13-19(27)3/h4-11,18-19H,12-16H2,1-3H3,(H,25,28). The highest BCUT2D eigenvalue weighted by atomic mass is 35.5. The molecule has 0 aliphatic carbocycles. The molecule has 1 aliphatic rings. The predicted octanol–water partition coefficient (Wildman–Crippen LogP) is 5.56. The molecule has 2 aromatic carbocycles. The lowest BCUT2D eigenvalue weighted by atomic mass is 10.2. The number of urea groups is 1. The number of aryl methyl sites for hydroxylation is 1. The molecular formula is C23H30ClN3O. The first kappa shape index (κ1) is 20.7. The van der Waals surface area contributed by atoms with E-state index in [-0.39, 0.29) is 6.03 Å². The largest absolute Gasteiger partial charge is 0.322 e. The maximum Gasteiger partial charge on any atom is 0.322 e. The van der Waals surface area contributed by atoms with Crippen molar-refractivity contribution in [2.75, 3.05) is 18.4 Å². The van der Waals surface area contributed by atoms with Gasteiger partial charge in [-0.15, -0.1) is 0 Å². The molecule has 0 aromatic heterocycles. The van der Waals surface area contributed by atoms with Crippen LogP contribution in [0.15, 0.2) is 48.5 Å². The third-order valence-electron chi connectivity index (χ3n) is 5.72. The van der Waals surface area contributed by atoms with Crippen LogP contribution in [0, 0.1) is 6.92 Å². The molecule has 28 heavy (non-hydrogen) atoms.